The van der Waals surface area contributed by atoms with E-state index in [1.165, 1.54) is 0 Å². The molecule has 1 atom stereocenters. The molecular formula is C19H22N2O3. The molecule has 1 heterocycles. The summed E-state index contributed by atoms with van der Waals surface area (Å²) in [5.74, 6) is 1.46. The topological polar surface area (TPSA) is 59.6 Å². The molecule has 1 aliphatic rings. The number of benzene rings is 2. The molecule has 2 aromatic carbocycles. The molecule has 0 bridgehead atoms. The van der Waals surface area contributed by atoms with Gasteiger partial charge in [0.1, 0.15) is 0 Å². The summed E-state index contributed by atoms with van der Waals surface area (Å²) >= 11 is 0. The van der Waals surface area contributed by atoms with Crippen molar-refractivity contribution in [2.24, 2.45) is 0 Å². The number of amides is 2. The Morgan fingerprint density at radius 2 is 1.88 bits per heavy atom. The van der Waals surface area contributed by atoms with Gasteiger partial charge in [-0.05, 0) is 36.6 Å². The molecule has 0 radical (unpaired) electrons. The molecule has 2 N–H and O–H groups in total. The minimum absolute atomic E-state index is 0.194. The zero-order valence-electron chi connectivity index (χ0n) is 14.0. The Hall–Kier alpha value is -2.69. The van der Waals surface area contributed by atoms with Crippen LogP contribution < -0.4 is 20.1 Å². The van der Waals surface area contributed by atoms with Gasteiger partial charge in [0.15, 0.2) is 11.5 Å². The average Bonchev–Trinajstić information content (AvgIpc) is 3.08. The second-order valence-corrected chi connectivity index (χ2v) is 6.05. The van der Waals surface area contributed by atoms with Crippen LogP contribution in [0.1, 0.15) is 31.4 Å². The molecule has 2 amide bonds. The summed E-state index contributed by atoms with van der Waals surface area (Å²) in [6.45, 7) is 4.77. The zero-order valence-corrected chi connectivity index (χ0v) is 14.0. The smallest absolute Gasteiger partial charge is 0.315 e. The van der Waals surface area contributed by atoms with E-state index in [9.17, 15) is 4.79 Å². The van der Waals surface area contributed by atoms with E-state index in [-0.39, 0.29) is 12.8 Å². The van der Waals surface area contributed by atoms with E-state index >= 15 is 0 Å². The number of ether oxygens (including phenoxy) is 2. The van der Waals surface area contributed by atoms with Crippen LogP contribution in [0.5, 0.6) is 11.5 Å². The summed E-state index contributed by atoms with van der Waals surface area (Å²) in [7, 11) is 0. The van der Waals surface area contributed by atoms with Gasteiger partial charge < -0.3 is 20.1 Å². The summed E-state index contributed by atoms with van der Waals surface area (Å²) in [5.41, 5.74) is 1.65. The third-order valence-corrected chi connectivity index (χ3v) is 4.40. The van der Waals surface area contributed by atoms with Gasteiger partial charge in [-0.1, -0.05) is 43.3 Å². The van der Waals surface area contributed by atoms with E-state index in [1.807, 2.05) is 55.5 Å². The van der Waals surface area contributed by atoms with E-state index < -0.39 is 5.54 Å². The Morgan fingerprint density at radius 3 is 2.62 bits per heavy atom. The largest absolute Gasteiger partial charge is 0.454 e. The van der Waals surface area contributed by atoms with Crippen molar-refractivity contribution >= 4 is 6.03 Å². The number of carbonyl (C=O) groups excluding carboxylic acids is 1. The van der Waals surface area contributed by atoms with E-state index in [2.05, 4.69) is 17.6 Å². The number of carbonyl (C=O) groups is 1. The van der Waals surface area contributed by atoms with Crippen LogP contribution in [0.3, 0.4) is 0 Å². The molecule has 0 aliphatic carbocycles. The minimum Gasteiger partial charge on any atom is -0.454 e. The van der Waals surface area contributed by atoms with Gasteiger partial charge in [0.2, 0.25) is 6.79 Å². The van der Waals surface area contributed by atoms with Crippen molar-refractivity contribution in [3.8, 4) is 11.5 Å². The highest BCUT2D eigenvalue weighted by Gasteiger charge is 2.26. The van der Waals surface area contributed by atoms with Crippen LogP contribution >= 0.6 is 0 Å². The quantitative estimate of drug-likeness (QED) is 0.883. The molecule has 0 saturated heterocycles. The van der Waals surface area contributed by atoms with Gasteiger partial charge in [-0.25, -0.2) is 4.79 Å². The van der Waals surface area contributed by atoms with E-state index in [4.69, 9.17) is 9.47 Å². The zero-order chi connectivity index (χ0) is 17.0. The molecule has 5 nitrogen and oxygen atoms in total. The maximum absolute atomic E-state index is 12.3. The predicted octanol–water partition coefficient (Wildman–Crippen LogP) is 3.54. The van der Waals surface area contributed by atoms with Gasteiger partial charge in [0.25, 0.3) is 0 Å². The molecule has 126 valence electrons. The Labute approximate surface area is 142 Å². The van der Waals surface area contributed by atoms with E-state index in [0.717, 1.165) is 29.0 Å². The summed E-state index contributed by atoms with van der Waals surface area (Å²) < 4.78 is 10.6. The monoisotopic (exact) mass is 326 g/mol. The van der Waals surface area contributed by atoms with Gasteiger partial charge in [-0.15, -0.1) is 0 Å². The van der Waals surface area contributed by atoms with E-state index in [0.29, 0.717) is 6.54 Å². The van der Waals surface area contributed by atoms with Crippen molar-refractivity contribution in [3.63, 3.8) is 0 Å². The molecule has 3 rings (SSSR count). The van der Waals surface area contributed by atoms with Crippen LogP contribution in [-0.4, -0.2) is 12.8 Å². The fourth-order valence-corrected chi connectivity index (χ4v) is 2.70. The number of hydrogen-bond donors (Lipinski definition) is 2. The van der Waals surface area contributed by atoms with Gasteiger partial charge in [-0.2, -0.15) is 0 Å². The van der Waals surface area contributed by atoms with Gasteiger partial charge in [0, 0.05) is 6.54 Å². The lowest BCUT2D eigenvalue weighted by molar-refractivity contribution is 0.174. The molecule has 2 aromatic rings. The number of nitrogens with one attached hydrogen (secondary N) is 2. The highest BCUT2D eigenvalue weighted by atomic mass is 16.7. The third-order valence-electron chi connectivity index (χ3n) is 4.40. The van der Waals surface area contributed by atoms with E-state index in [1.54, 1.807) is 0 Å². The van der Waals surface area contributed by atoms with Crippen LogP contribution in [0.2, 0.25) is 0 Å². The number of fused-ring (bicyclic) bond motifs is 1. The van der Waals surface area contributed by atoms with Crippen molar-refractivity contribution < 1.29 is 14.3 Å². The molecule has 24 heavy (non-hydrogen) atoms. The van der Waals surface area contributed by atoms with Crippen molar-refractivity contribution in [1.29, 1.82) is 0 Å². The molecule has 0 aromatic heterocycles. The molecule has 1 unspecified atom stereocenters. The Bertz CT molecular complexity index is 718. The number of rotatable bonds is 5. The first kappa shape index (κ1) is 16.2. The second kappa shape index (κ2) is 6.83. The number of hydrogen-bond acceptors (Lipinski definition) is 3. The molecule has 0 saturated carbocycles. The highest BCUT2D eigenvalue weighted by Crippen LogP contribution is 2.32. The molecule has 5 heteroatoms. The fourth-order valence-electron chi connectivity index (χ4n) is 2.70. The summed E-state index contributed by atoms with van der Waals surface area (Å²) in [6.07, 6.45) is 0.800. The van der Waals surface area contributed by atoms with Crippen LogP contribution in [0.4, 0.5) is 4.79 Å². The van der Waals surface area contributed by atoms with Crippen LogP contribution in [0, 0.1) is 0 Å². The first-order valence-electron chi connectivity index (χ1n) is 8.11. The summed E-state index contributed by atoms with van der Waals surface area (Å²) in [6, 6.07) is 15.5. The summed E-state index contributed by atoms with van der Waals surface area (Å²) in [4.78, 5) is 12.3. The van der Waals surface area contributed by atoms with Crippen molar-refractivity contribution in [3.05, 3.63) is 59.7 Å². The molecule has 0 fully saturated rings. The summed E-state index contributed by atoms with van der Waals surface area (Å²) in [5, 5.41) is 5.98. The molecule has 0 spiro atoms. The molecule has 1 aliphatic heterocycles. The van der Waals surface area contributed by atoms with Crippen molar-refractivity contribution in [2.75, 3.05) is 6.79 Å². The van der Waals surface area contributed by atoms with Crippen LogP contribution in [-0.2, 0) is 12.1 Å². The maximum Gasteiger partial charge on any atom is 0.315 e. The average molecular weight is 326 g/mol. The first-order valence-corrected chi connectivity index (χ1v) is 8.11. The van der Waals surface area contributed by atoms with Gasteiger partial charge in [0.05, 0.1) is 5.54 Å². The second-order valence-electron chi connectivity index (χ2n) is 6.05. The van der Waals surface area contributed by atoms with Crippen molar-refractivity contribution in [1.82, 2.24) is 10.6 Å². The van der Waals surface area contributed by atoms with Crippen LogP contribution in [0.25, 0.3) is 0 Å². The lowest BCUT2D eigenvalue weighted by Gasteiger charge is -2.30. The Morgan fingerprint density at radius 1 is 1.12 bits per heavy atom. The third kappa shape index (κ3) is 3.45. The van der Waals surface area contributed by atoms with Crippen LogP contribution in [0.15, 0.2) is 48.5 Å². The Kier molecular flexibility index (Phi) is 4.60. The van der Waals surface area contributed by atoms with Gasteiger partial charge >= 0.3 is 6.03 Å². The molecular weight excluding hydrogens is 304 g/mol. The maximum atomic E-state index is 12.3. The van der Waals surface area contributed by atoms with Crippen molar-refractivity contribution in [2.45, 2.75) is 32.4 Å². The fraction of sp³-hybridized carbons (Fsp3) is 0.316. The first-order chi connectivity index (χ1) is 11.6. The SMILES string of the molecule is CCC(C)(NC(=O)NCc1ccc2c(c1)OCO2)c1ccccc1. The predicted molar refractivity (Wildman–Crippen MR) is 92.0 cm³/mol. The normalized spacial score (nSPS) is 14.8. The number of urea groups is 1. The van der Waals surface area contributed by atoms with Gasteiger partial charge in [-0.3, -0.25) is 0 Å². The minimum atomic E-state index is -0.403. The Balaban J connectivity index is 1.60. The lowest BCUT2D eigenvalue weighted by atomic mass is 9.89. The highest BCUT2D eigenvalue weighted by molar-refractivity contribution is 5.75. The lowest BCUT2D eigenvalue weighted by Crippen LogP contribution is -2.47. The standard InChI is InChI=1S/C19H22N2O3/c1-3-19(2,15-7-5-4-6-8-15)21-18(22)20-12-14-9-10-16-17(11-14)24-13-23-16/h4-11H,3,12-13H2,1-2H3,(H2,20,21,22).